The summed E-state index contributed by atoms with van der Waals surface area (Å²) < 4.78 is 10.5. The van der Waals surface area contributed by atoms with Crippen LogP contribution in [0.25, 0.3) is 0 Å². The first-order chi connectivity index (χ1) is 9.13. The molecule has 1 saturated heterocycles. The molecule has 2 N–H and O–H groups in total. The van der Waals surface area contributed by atoms with Gasteiger partial charge in [0.25, 0.3) is 0 Å². The maximum absolute atomic E-state index is 11.7. The highest BCUT2D eigenvalue weighted by Crippen LogP contribution is 2.17. The van der Waals surface area contributed by atoms with Crippen molar-refractivity contribution < 1.29 is 23.8 Å². The van der Waals surface area contributed by atoms with Gasteiger partial charge in [-0.1, -0.05) is 0 Å². The van der Waals surface area contributed by atoms with Crippen molar-refractivity contribution in [2.75, 3.05) is 26.8 Å². The highest BCUT2D eigenvalue weighted by molar-refractivity contribution is 5.88. The standard InChI is InChI=1S/C12H16N2O5/c1-13-11(15)9-7-18-5-3-14(9)6-10-8(12(16)17)2-4-19-10/h2,4,9H,3,5-7H2,1H3,(H,13,15)(H,16,17). The first-order valence-electron chi connectivity index (χ1n) is 5.96. The molecule has 2 rings (SSSR count). The molecule has 0 spiro atoms. The predicted molar refractivity (Wildman–Crippen MR) is 64.8 cm³/mol. The lowest BCUT2D eigenvalue weighted by molar-refractivity contribution is -0.132. The van der Waals surface area contributed by atoms with Crippen LogP contribution in [0, 0.1) is 0 Å². The molecule has 0 bridgehead atoms. The molecule has 0 aliphatic carbocycles. The smallest absolute Gasteiger partial charge is 0.339 e. The zero-order valence-electron chi connectivity index (χ0n) is 10.6. The van der Waals surface area contributed by atoms with Crippen LogP contribution in [0.15, 0.2) is 16.7 Å². The minimum atomic E-state index is -1.03. The van der Waals surface area contributed by atoms with Crippen LogP contribution < -0.4 is 5.32 Å². The summed E-state index contributed by atoms with van der Waals surface area (Å²) in [7, 11) is 1.56. The van der Waals surface area contributed by atoms with E-state index in [1.165, 1.54) is 12.3 Å². The molecular formula is C12H16N2O5. The van der Waals surface area contributed by atoms with Crippen molar-refractivity contribution in [1.29, 1.82) is 0 Å². The van der Waals surface area contributed by atoms with Crippen molar-refractivity contribution in [2.24, 2.45) is 0 Å². The van der Waals surface area contributed by atoms with E-state index in [1.807, 2.05) is 4.90 Å². The Morgan fingerprint density at radius 2 is 2.37 bits per heavy atom. The van der Waals surface area contributed by atoms with Crippen molar-refractivity contribution in [1.82, 2.24) is 10.2 Å². The Balaban J connectivity index is 2.13. The quantitative estimate of drug-likeness (QED) is 0.794. The largest absolute Gasteiger partial charge is 0.478 e. The van der Waals surface area contributed by atoms with Crippen molar-refractivity contribution in [2.45, 2.75) is 12.6 Å². The number of furan rings is 1. The van der Waals surface area contributed by atoms with Crippen molar-refractivity contribution in [3.63, 3.8) is 0 Å². The molecule has 1 fully saturated rings. The van der Waals surface area contributed by atoms with Gasteiger partial charge in [0.2, 0.25) is 5.91 Å². The van der Waals surface area contributed by atoms with Gasteiger partial charge >= 0.3 is 5.97 Å². The van der Waals surface area contributed by atoms with E-state index >= 15 is 0 Å². The Bertz CT molecular complexity index is 470. The second kappa shape index (κ2) is 5.85. The van der Waals surface area contributed by atoms with Crippen LogP contribution in [-0.4, -0.2) is 54.7 Å². The molecule has 1 aromatic heterocycles. The molecule has 1 aliphatic rings. The monoisotopic (exact) mass is 268 g/mol. The molecule has 0 radical (unpaired) electrons. The number of amides is 1. The van der Waals surface area contributed by atoms with Crippen LogP contribution in [0.5, 0.6) is 0 Å². The van der Waals surface area contributed by atoms with Crippen LogP contribution in [0.1, 0.15) is 16.1 Å². The van der Waals surface area contributed by atoms with Gasteiger partial charge in [0.05, 0.1) is 26.0 Å². The molecule has 7 nitrogen and oxygen atoms in total. The van der Waals surface area contributed by atoms with Crippen LogP contribution in [0.4, 0.5) is 0 Å². The molecule has 19 heavy (non-hydrogen) atoms. The Labute approximate surface area is 110 Å². The predicted octanol–water partition coefficient (Wildman–Crippen LogP) is -0.0754. The van der Waals surface area contributed by atoms with Gasteiger partial charge in [0.15, 0.2) is 0 Å². The van der Waals surface area contributed by atoms with Crippen molar-refractivity contribution in [3.05, 3.63) is 23.7 Å². The van der Waals surface area contributed by atoms with Crippen LogP contribution >= 0.6 is 0 Å². The van der Waals surface area contributed by atoms with Gasteiger partial charge in [-0.25, -0.2) is 4.79 Å². The topological polar surface area (TPSA) is 92.0 Å². The number of rotatable bonds is 4. The average Bonchev–Trinajstić information content (AvgIpc) is 2.87. The molecule has 7 heteroatoms. The van der Waals surface area contributed by atoms with E-state index in [-0.39, 0.29) is 18.0 Å². The van der Waals surface area contributed by atoms with E-state index in [0.717, 1.165) is 0 Å². The van der Waals surface area contributed by atoms with Crippen LogP contribution in [0.3, 0.4) is 0 Å². The van der Waals surface area contributed by atoms with Gasteiger partial charge in [-0.3, -0.25) is 9.69 Å². The summed E-state index contributed by atoms with van der Waals surface area (Å²) in [6.07, 6.45) is 1.34. The third-order valence-electron chi connectivity index (χ3n) is 3.11. The maximum atomic E-state index is 11.7. The summed E-state index contributed by atoms with van der Waals surface area (Å²) in [5.41, 5.74) is 0.127. The zero-order valence-corrected chi connectivity index (χ0v) is 10.6. The average molecular weight is 268 g/mol. The molecule has 0 aromatic carbocycles. The number of aromatic carboxylic acids is 1. The number of ether oxygens (including phenoxy) is 1. The number of likely N-dealkylation sites (N-methyl/N-ethyl adjacent to an activating group) is 1. The van der Waals surface area contributed by atoms with Gasteiger partial charge in [-0.2, -0.15) is 0 Å². The number of carbonyl (C=O) groups is 2. The second-order valence-corrected chi connectivity index (χ2v) is 4.24. The van der Waals surface area contributed by atoms with E-state index in [4.69, 9.17) is 14.3 Å². The SMILES string of the molecule is CNC(=O)C1COCCN1Cc1occc1C(=O)O. The summed E-state index contributed by atoms with van der Waals surface area (Å²) in [5.74, 6) is -0.833. The van der Waals surface area contributed by atoms with Gasteiger partial charge in [0, 0.05) is 13.6 Å². The molecule has 1 amide bonds. The molecule has 104 valence electrons. The number of carbonyl (C=O) groups excluding carboxylic acids is 1. The van der Waals surface area contributed by atoms with Crippen LogP contribution in [-0.2, 0) is 16.1 Å². The lowest BCUT2D eigenvalue weighted by atomic mass is 10.1. The summed E-state index contributed by atoms with van der Waals surface area (Å²) >= 11 is 0. The van der Waals surface area contributed by atoms with E-state index in [1.54, 1.807) is 7.05 Å². The lowest BCUT2D eigenvalue weighted by Gasteiger charge is -2.33. The molecule has 1 aliphatic heterocycles. The fourth-order valence-electron chi connectivity index (χ4n) is 2.07. The zero-order chi connectivity index (χ0) is 13.8. The fraction of sp³-hybridized carbons (Fsp3) is 0.500. The van der Waals surface area contributed by atoms with E-state index in [2.05, 4.69) is 5.32 Å². The third kappa shape index (κ3) is 2.94. The van der Waals surface area contributed by atoms with Crippen LogP contribution in [0.2, 0.25) is 0 Å². The highest BCUT2D eigenvalue weighted by Gasteiger charge is 2.30. The van der Waals surface area contributed by atoms with Crippen molar-refractivity contribution in [3.8, 4) is 0 Å². The second-order valence-electron chi connectivity index (χ2n) is 4.24. The van der Waals surface area contributed by atoms with Gasteiger partial charge in [0.1, 0.15) is 17.4 Å². The van der Waals surface area contributed by atoms with Gasteiger partial charge in [-0.15, -0.1) is 0 Å². The summed E-state index contributed by atoms with van der Waals surface area (Å²) in [4.78, 5) is 24.6. The summed E-state index contributed by atoms with van der Waals surface area (Å²) in [5, 5.41) is 11.6. The molecule has 1 atom stereocenters. The Kier molecular flexibility index (Phi) is 4.18. The molecule has 1 aromatic rings. The van der Waals surface area contributed by atoms with E-state index in [9.17, 15) is 9.59 Å². The number of nitrogens with zero attached hydrogens (tertiary/aromatic N) is 1. The first kappa shape index (κ1) is 13.6. The number of morpholine rings is 1. The van der Waals surface area contributed by atoms with Gasteiger partial charge in [-0.05, 0) is 6.07 Å². The highest BCUT2D eigenvalue weighted by atomic mass is 16.5. The number of hydrogen-bond donors (Lipinski definition) is 2. The molecule has 2 heterocycles. The molecular weight excluding hydrogens is 252 g/mol. The number of nitrogens with one attached hydrogen (secondary N) is 1. The fourth-order valence-corrected chi connectivity index (χ4v) is 2.07. The maximum Gasteiger partial charge on any atom is 0.339 e. The summed E-state index contributed by atoms with van der Waals surface area (Å²) in [6, 6.07) is 0.984. The first-order valence-corrected chi connectivity index (χ1v) is 5.96. The third-order valence-corrected chi connectivity index (χ3v) is 3.11. The van der Waals surface area contributed by atoms with E-state index < -0.39 is 12.0 Å². The van der Waals surface area contributed by atoms with Gasteiger partial charge < -0.3 is 19.6 Å². The lowest BCUT2D eigenvalue weighted by Crippen LogP contribution is -2.52. The van der Waals surface area contributed by atoms with Crippen molar-refractivity contribution >= 4 is 11.9 Å². The number of carboxylic acid groups (broad SMARTS) is 1. The Morgan fingerprint density at radius 1 is 1.58 bits per heavy atom. The summed E-state index contributed by atoms with van der Waals surface area (Å²) in [6.45, 7) is 1.63. The number of hydrogen-bond acceptors (Lipinski definition) is 5. The van der Waals surface area contributed by atoms with E-state index in [0.29, 0.717) is 25.5 Å². The Morgan fingerprint density at radius 3 is 3.05 bits per heavy atom. The Hall–Kier alpha value is -1.86. The minimum Gasteiger partial charge on any atom is -0.478 e. The minimum absolute atomic E-state index is 0.127. The normalized spacial score (nSPS) is 20.2. The number of carboxylic acids is 1. The molecule has 0 saturated carbocycles. The molecule has 1 unspecified atom stereocenters.